The van der Waals surface area contributed by atoms with Crippen molar-refractivity contribution in [1.82, 2.24) is 10.2 Å². The van der Waals surface area contributed by atoms with E-state index < -0.39 is 49.3 Å². The van der Waals surface area contributed by atoms with Crippen LogP contribution in [-0.4, -0.2) is 101 Å². The number of nitrogens with one attached hydrogen (secondary N) is 1. The molecule has 0 aromatic rings. The second-order valence-electron chi connectivity index (χ2n) is 5.35. The first-order valence-corrected chi connectivity index (χ1v) is 7.84. The van der Waals surface area contributed by atoms with Gasteiger partial charge in [0.15, 0.2) is 6.23 Å². The van der Waals surface area contributed by atoms with Crippen molar-refractivity contribution < 1.29 is 34.7 Å². The van der Waals surface area contributed by atoms with Crippen LogP contribution in [0, 0.1) is 0 Å². The van der Waals surface area contributed by atoms with Crippen molar-refractivity contribution in [2.75, 3.05) is 32.7 Å². The maximum Gasteiger partial charge on any atom is 0.319 e. The number of alkyl halides is 1. The number of aliphatic hydroxyl groups is 4. The number of carbonyl (C=O) groups excluding carboxylic acids is 1. The van der Waals surface area contributed by atoms with E-state index in [4.69, 9.17) is 21.1 Å². The topological polar surface area (TPSA) is 132 Å². The lowest BCUT2D eigenvalue weighted by molar-refractivity contribution is -0.261. The lowest BCUT2D eigenvalue weighted by Crippen LogP contribution is -2.66. The number of nitrogens with zero attached hydrogens (tertiary/aromatic N) is 1. The van der Waals surface area contributed by atoms with Gasteiger partial charge in [0.2, 0.25) is 0 Å². The monoisotopic (exact) mass is 356 g/mol. The molecule has 0 aromatic heterocycles. The predicted octanol–water partition coefficient (Wildman–Crippen LogP) is -1.93. The van der Waals surface area contributed by atoms with Gasteiger partial charge in [0.05, 0.1) is 19.3 Å². The Morgan fingerprint density at radius 3 is 2.52 bits per heavy atom. The van der Waals surface area contributed by atoms with Gasteiger partial charge < -0.3 is 35.2 Å². The molecule has 1 fully saturated rings. The number of halogens is 1. The molecule has 2 amide bonds. The van der Waals surface area contributed by atoms with E-state index in [2.05, 4.69) is 5.32 Å². The molecule has 0 bridgehead atoms. The minimum atomic E-state index is -1.57. The number of hydrogen-bond donors (Lipinski definition) is 5. The fraction of sp³-hybridized carbons (Fsp3) is 0.923. The first kappa shape index (κ1) is 20.4. The summed E-state index contributed by atoms with van der Waals surface area (Å²) in [5.74, 6) is 0.201. The van der Waals surface area contributed by atoms with E-state index in [0.717, 1.165) is 0 Å². The van der Waals surface area contributed by atoms with Gasteiger partial charge in [-0.25, -0.2) is 4.79 Å². The lowest BCUT2D eigenvalue weighted by atomic mass is 9.97. The van der Waals surface area contributed by atoms with Crippen molar-refractivity contribution >= 4 is 17.6 Å². The normalized spacial score (nSPS) is 32.4. The summed E-state index contributed by atoms with van der Waals surface area (Å²) in [4.78, 5) is 13.5. The number of ether oxygens (including phenoxy) is 2. The summed E-state index contributed by atoms with van der Waals surface area (Å²) in [5.41, 5.74) is 0. The molecule has 0 radical (unpaired) electrons. The molecule has 6 atom stereocenters. The highest BCUT2D eigenvalue weighted by Gasteiger charge is 2.47. The number of rotatable bonds is 7. The fourth-order valence-electron chi connectivity index (χ4n) is 2.45. The van der Waals surface area contributed by atoms with E-state index in [-0.39, 0.29) is 19.0 Å². The number of methoxy groups -OCH3 is 1. The van der Waals surface area contributed by atoms with Crippen molar-refractivity contribution in [2.24, 2.45) is 0 Å². The Bertz CT molecular complexity index is 374. The van der Waals surface area contributed by atoms with Crippen molar-refractivity contribution in [3.8, 4) is 0 Å². The van der Waals surface area contributed by atoms with Gasteiger partial charge in [-0.05, 0) is 6.92 Å². The quantitative estimate of drug-likeness (QED) is 0.336. The molecule has 10 heteroatoms. The van der Waals surface area contributed by atoms with Gasteiger partial charge in [-0.1, -0.05) is 0 Å². The number of carbonyl (C=O) groups is 1. The SMILES string of the molecule is COCC(C)N(C(=O)NCCCl)C1O[C@H](CO)[C@H](O)[C@H](O)[C@H]1O. The van der Waals surface area contributed by atoms with Gasteiger partial charge in [-0.15, -0.1) is 11.6 Å². The predicted molar refractivity (Wildman–Crippen MR) is 81.1 cm³/mol. The number of urea groups is 1. The number of amides is 2. The molecule has 23 heavy (non-hydrogen) atoms. The molecule has 0 aromatic carbocycles. The molecular weight excluding hydrogens is 332 g/mol. The molecule has 5 N–H and O–H groups in total. The lowest BCUT2D eigenvalue weighted by Gasteiger charge is -2.46. The van der Waals surface area contributed by atoms with E-state index in [1.165, 1.54) is 12.0 Å². The van der Waals surface area contributed by atoms with E-state index in [0.29, 0.717) is 0 Å². The van der Waals surface area contributed by atoms with Gasteiger partial charge in [0.1, 0.15) is 24.4 Å². The summed E-state index contributed by atoms with van der Waals surface area (Å²) in [5, 5.41) is 41.7. The van der Waals surface area contributed by atoms with Crippen LogP contribution in [0.25, 0.3) is 0 Å². The van der Waals surface area contributed by atoms with Crippen LogP contribution < -0.4 is 5.32 Å². The molecule has 1 saturated heterocycles. The minimum Gasteiger partial charge on any atom is -0.394 e. The van der Waals surface area contributed by atoms with Crippen molar-refractivity contribution in [2.45, 2.75) is 43.6 Å². The summed E-state index contributed by atoms with van der Waals surface area (Å²) in [7, 11) is 1.46. The highest BCUT2D eigenvalue weighted by Crippen LogP contribution is 2.25. The van der Waals surface area contributed by atoms with Crippen molar-refractivity contribution in [3.63, 3.8) is 0 Å². The van der Waals surface area contributed by atoms with Crippen LogP contribution in [0.15, 0.2) is 0 Å². The third-order valence-electron chi connectivity index (χ3n) is 3.63. The van der Waals surface area contributed by atoms with Crippen LogP contribution in [0.4, 0.5) is 4.79 Å². The van der Waals surface area contributed by atoms with Crippen LogP contribution >= 0.6 is 11.6 Å². The standard InChI is InChI=1S/C13H25ClN2O7/c1-7(6-22-2)16(13(21)15-4-3-14)12-11(20)10(19)9(18)8(5-17)23-12/h7-12,17-20H,3-6H2,1-2H3,(H,15,21)/t7?,8-,9+,10+,11-,12?/m1/s1. The van der Waals surface area contributed by atoms with E-state index >= 15 is 0 Å². The van der Waals surface area contributed by atoms with Crippen molar-refractivity contribution in [1.29, 1.82) is 0 Å². The van der Waals surface area contributed by atoms with Crippen LogP contribution in [0.1, 0.15) is 6.92 Å². The zero-order chi connectivity index (χ0) is 17.6. The Kier molecular flexibility index (Phi) is 8.48. The smallest absolute Gasteiger partial charge is 0.319 e. The van der Waals surface area contributed by atoms with Gasteiger partial charge >= 0.3 is 6.03 Å². The molecular formula is C13H25ClN2O7. The highest BCUT2D eigenvalue weighted by molar-refractivity contribution is 6.18. The maximum absolute atomic E-state index is 12.3. The van der Waals surface area contributed by atoms with Crippen molar-refractivity contribution in [3.05, 3.63) is 0 Å². The molecule has 0 saturated carbocycles. The molecule has 1 aliphatic heterocycles. The largest absolute Gasteiger partial charge is 0.394 e. The summed E-state index contributed by atoms with van der Waals surface area (Å²) < 4.78 is 10.4. The van der Waals surface area contributed by atoms with Gasteiger partial charge in [0.25, 0.3) is 0 Å². The Morgan fingerprint density at radius 2 is 2.00 bits per heavy atom. The summed E-state index contributed by atoms with van der Waals surface area (Å²) in [6.45, 7) is 1.46. The van der Waals surface area contributed by atoms with Crippen LogP contribution in [0.5, 0.6) is 0 Å². The third kappa shape index (κ3) is 4.90. The molecule has 0 aliphatic carbocycles. The zero-order valence-electron chi connectivity index (χ0n) is 13.1. The van der Waals surface area contributed by atoms with Crippen LogP contribution in [0.2, 0.25) is 0 Å². The average molecular weight is 357 g/mol. The molecule has 2 unspecified atom stereocenters. The van der Waals surface area contributed by atoms with E-state index in [1.807, 2.05) is 0 Å². The fourth-order valence-corrected chi connectivity index (χ4v) is 2.54. The first-order valence-electron chi connectivity index (χ1n) is 7.30. The second kappa shape index (κ2) is 9.58. The first-order chi connectivity index (χ1) is 10.9. The van der Waals surface area contributed by atoms with Gasteiger partial charge in [-0.2, -0.15) is 0 Å². The Morgan fingerprint density at radius 1 is 1.35 bits per heavy atom. The van der Waals surface area contributed by atoms with Gasteiger partial charge in [0, 0.05) is 19.5 Å². The maximum atomic E-state index is 12.3. The molecule has 9 nitrogen and oxygen atoms in total. The highest BCUT2D eigenvalue weighted by atomic mass is 35.5. The molecule has 1 aliphatic rings. The minimum absolute atomic E-state index is 0.156. The second-order valence-corrected chi connectivity index (χ2v) is 5.73. The molecule has 1 heterocycles. The summed E-state index contributed by atoms with van der Waals surface area (Å²) in [6.07, 6.45) is -6.96. The Labute approximate surface area is 139 Å². The van der Waals surface area contributed by atoms with E-state index in [9.17, 15) is 25.2 Å². The summed E-state index contributed by atoms with van der Waals surface area (Å²) >= 11 is 5.55. The zero-order valence-corrected chi connectivity index (χ0v) is 13.9. The van der Waals surface area contributed by atoms with Crippen LogP contribution in [-0.2, 0) is 9.47 Å². The number of aliphatic hydroxyl groups excluding tert-OH is 4. The number of hydrogen-bond acceptors (Lipinski definition) is 7. The molecule has 0 spiro atoms. The van der Waals surface area contributed by atoms with E-state index in [1.54, 1.807) is 6.92 Å². The summed E-state index contributed by atoms with van der Waals surface area (Å²) in [6, 6.07) is -1.07. The Hall–Kier alpha value is -0.680. The molecule has 1 rings (SSSR count). The van der Waals surface area contributed by atoms with Gasteiger partial charge in [-0.3, -0.25) is 4.90 Å². The average Bonchev–Trinajstić information content (AvgIpc) is 2.53. The molecule has 136 valence electrons. The Balaban J connectivity index is 3.00. The van der Waals surface area contributed by atoms with Crippen LogP contribution in [0.3, 0.4) is 0 Å². The third-order valence-corrected chi connectivity index (χ3v) is 3.82.